The van der Waals surface area contributed by atoms with Gasteiger partial charge in [0.1, 0.15) is 0 Å². The highest BCUT2D eigenvalue weighted by atomic mass is 32.1. The minimum Gasteiger partial charge on any atom is -0.294 e. The molecule has 80 valence electrons. The van der Waals surface area contributed by atoms with Gasteiger partial charge in [0.25, 0.3) is 0 Å². The molecular weight excluding hydrogens is 216 g/mol. The molecule has 0 radical (unpaired) electrons. The number of fused-ring (bicyclic) bond motifs is 1. The summed E-state index contributed by atoms with van der Waals surface area (Å²) in [5.74, 6) is 0. The van der Waals surface area contributed by atoms with E-state index < -0.39 is 0 Å². The van der Waals surface area contributed by atoms with Crippen LogP contribution in [0.2, 0.25) is 0 Å². The van der Waals surface area contributed by atoms with E-state index in [2.05, 4.69) is 46.8 Å². The summed E-state index contributed by atoms with van der Waals surface area (Å²) in [6.45, 7) is 4.17. The van der Waals surface area contributed by atoms with Gasteiger partial charge < -0.3 is 0 Å². The molecule has 0 saturated carbocycles. The fourth-order valence-corrected chi connectivity index (χ4v) is 3.08. The first-order valence-electron chi connectivity index (χ1n) is 5.26. The van der Waals surface area contributed by atoms with Crippen molar-refractivity contribution in [2.75, 3.05) is 0 Å². The number of benzene rings is 1. The van der Waals surface area contributed by atoms with Gasteiger partial charge >= 0.3 is 0 Å². The van der Waals surface area contributed by atoms with Gasteiger partial charge in [0.2, 0.25) is 0 Å². The molecule has 0 atom stereocenters. The third-order valence-corrected chi connectivity index (χ3v) is 3.92. The third-order valence-electron chi connectivity index (χ3n) is 2.71. The number of hydrogen-bond donors (Lipinski definition) is 0. The number of thiazole rings is 1. The van der Waals surface area contributed by atoms with Gasteiger partial charge in [-0.3, -0.25) is 4.40 Å². The van der Waals surface area contributed by atoms with Crippen LogP contribution in [0.1, 0.15) is 11.4 Å². The van der Waals surface area contributed by atoms with E-state index in [0.29, 0.717) is 0 Å². The van der Waals surface area contributed by atoms with Gasteiger partial charge in [0.05, 0.1) is 10.6 Å². The van der Waals surface area contributed by atoms with Crippen LogP contribution in [-0.4, -0.2) is 9.38 Å². The van der Waals surface area contributed by atoms with Gasteiger partial charge in [-0.05, 0) is 19.4 Å². The van der Waals surface area contributed by atoms with E-state index in [0.717, 1.165) is 10.7 Å². The fraction of sp³-hybridized carbons (Fsp3) is 0.154. The van der Waals surface area contributed by atoms with Crippen molar-refractivity contribution in [3.05, 3.63) is 47.9 Å². The second-order valence-corrected chi connectivity index (χ2v) is 4.90. The van der Waals surface area contributed by atoms with Crippen molar-refractivity contribution < 1.29 is 0 Å². The molecule has 0 aliphatic heterocycles. The summed E-state index contributed by atoms with van der Waals surface area (Å²) in [6.07, 6.45) is 2.09. The van der Waals surface area contributed by atoms with Gasteiger partial charge in [-0.1, -0.05) is 41.7 Å². The Hall–Kier alpha value is -1.61. The second-order valence-electron chi connectivity index (χ2n) is 3.92. The Kier molecular flexibility index (Phi) is 2.07. The molecule has 3 aromatic rings. The Morgan fingerprint density at radius 1 is 1.12 bits per heavy atom. The van der Waals surface area contributed by atoms with Crippen LogP contribution >= 0.6 is 11.3 Å². The van der Waals surface area contributed by atoms with Crippen LogP contribution in [0.25, 0.3) is 15.4 Å². The van der Waals surface area contributed by atoms with Crippen molar-refractivity contribution in [3.63, 3.8) is 0 Å². The molecule has 3 heteroatoms. The smallest absolute Gasteiger partial charge is 0.194 e. The van der Waals surface area contributed by atoms with Crippen molar-refractivity contribution in [2.45, 2.75) is 13.8 Å². The van der Waals surface area contributed by atoms with Gasteiger partial charge in [-0.25, -0.2) is 4.98 Å². The molecule has 0 aliphatic rings. The molecule has 2 nitrogen and oxygen atoms in total. The van der Waals surface area contributed by atoms with E-state index in [-0.39, 0.29) is 0 Å². The van der Waals surface area contributed by atoms with Crippen molar-refractivity contribution in [3.8, 4) is 10.4 Å². The molecular formula is C13H12N2S. The summed E-state index contributed by atoms with van der Waals surface area (Å²) in [5.41, 5.74) is 3.62. The van der Waals surface area contributed by atoms with Crippen molar-refractivity contribution in [1.82, 2.24) is 9.38 Å². The van der Waals surface area contributed by atoms with Crippen LogP contribution in [0.3, 0.4) is 0 Å². The molecule has 2 heterocycles. The van der Waals surface area contributed by atoms with Crippen LogP contribution in [0, 0.1) is 13.8 Å². The maximum atomic E-state index is 4.50. The van der Waals surface area contributed by atoms with Crippen LogP contribution in [0.15, 0.2) is 36.5 Å². The minimum atomic E-state index is 1.08. The molecule has 0 amide bonds. The number of nitrogens with zero attached hydrogens (tertiary/aromatic N) is 2. The molecule has 0 spiro atoms. The van der Waals surface area contributed by atoms with E-state index in [1.807, 2.05) is 13.0 Å². The van der Waals surface area contributed by atoms with Crippen molar-refractivity contribution in [2.24, 2.45) is 0 Å². The summed E-state index contributed by atoms with van der Waals surface area (Å²) in [6, 6.07) is 10.5. The highest BCUT2D eigenvalue weighted by Gasteiger charge is 2.11. The number of imidazole rings is 1. The second kappa shape index (κ2) is 3.46. The molecule has 2 aromatic heterocycles. The predicted octanol–water partition coefficient (Wildman–Crippen LogP) is 3.68. The standard InChI is InChI=1S/C13H12N2S/c1-9-8-15-10(2)12(16-13(15)14-9)11-6-4-3-5-7-11/h3-8H,1-2H3. The van der Waals surface area contributed by atoms with Crippen molar-refractivity contribution >= 4 is 16.3 Å². The zero-order chi connectivity index (χ0) is 11.1. The van der Waals surface area contributed by atoms with E-state index in [9.17, 15) is 0 Å². The normalized spacial score (nSPS) is 11.1. The molecule has 3 rings (SSSR count). The maximum Gasteiger partial charge on any atom is 0.194 e. The number of aromatic nitrogens is 2. The minimum absolute atomic E-state index is 1.08. The Morgan fingerprint density at radius 2 is 1.88 bits per heavy atom. The summed E-state index contributed by atoms with van der Waals surface area (Å²) in [5, 5.41) is 0. The Balaban J connectivity index is 2.25. The highest BCUT2D eigenvalue weighted by Crippen LogP contribution is 2.32. The average molecular weight is 228 g/mol. The Bertz CT molecular complexity index is 635. The first-order valence-corrected chi connectivity index (χ1v) is 6.08. The van der Waals surface area contributed by atoms with Gasteiger partial charge in [-0.2, -0.15) is 0 Å². The number of hydrogen-bond acceptors (Lipinski definition) is 2. The lowest BCUT2D eigenvalue weighted by molar-refractivity contribution is 1.13. The average Bonchev–Trinajstić information content (AvgIpc) is 2.79. The zero-order valence-corrected chi connectivity index (χ0v) is 10.1. The van der Waals surface area contributed by atoms with E-state index in [1.165, 1.54) is 16.1 Å². The zero-order valence-electron chi connectivity index (χ0n) is 9.27. The van der Waals surface area contributed by atoms with Crippen LogP contribution in [-0.2, 0) is 0 Å². The molecule has 0 saturated heterocycles. The SMILES string of the molecule is Cc1cn2c(C)c(-c3ccccc3)sc2n1. The lowest BCUT2D eigenvalue weighted by atomic mass is 10.2. The maximum absolute atomic E-state index is 4.50. The predicted molar refractivity (Wildman–Crippen MR) is 68.0 cm³/mol. The van der Waals surface area contributed by atoms with Crippen LogP contribution in [0.4, 0.5) is 0 Å². The quantitative estimate of drug-likeness (QED) is 0.621. The fourth-order valence-electron chi connectivity index (χ4n) is 1.92. The molecule has 0 unspecified atom stereocenters. The number of aryl methyl sites for hydroxylation is 2. The molecule has 1 aromatic carbocycles. The molecule has 0 aliphatic carbocycles. The summed E-state index contributed by atoms with van der Waals surface area (Å²) in [7, 11) is 0. The Labute approximate surface area is 98.2 Å². The lowest BCUT2D eigenvalue weighted by Gasteiger charge is -1.98. The molecule has 0 fully saturated rings. The first-order chi connectivity index (χ1) is 7.75. The first kappa shape index (κ1) is 9.60. The lowest BCUT2D eigenvalue weighted by Crippen LogP contribution is -1.83. The topological polar surface area (TPSA) is 17.3 Å². The summed E-state index contributed by atoms with van der Waals surface area (Å²) >= 11 is 1.75. The largest absolute Gasteiger partial charge is 0.294 e. The highest BCUT2D eigenvalue weighted by molar-refractivity contribution is 7.20. The van der Waals surface area contributed by atoms with Gasteiger partial charge in [0, 0.05) is 11.9 Å². The monoisotopic (exact) mass is 228 g/mol. The van der Waals surface area contributed by atoms with E-state index in [4.69, 9.17) is 0 Å². The van der Waals surface area contributed by atoms with E-state index >= 15 is 0 Å². The van der Waals surface area contributed by atoms with Gasteiger partial charge in [0.15, 0.2) is 4.96 Å². The molecule has 0 bridgehead atoms. The van der Waals surface area contributed by atoms with Crippen LogP contribution in [0.5, 0.6) is 0 Å². The summed E-state index contributed by atoms with van der Waals surface area (Å²) < 4.78 is 2.17. The van der Waals surface area contributed by atoms with E-state index in [1.54, 1.807) is 11.3 Å². The Morgan fingerprint density at radius 3 is 2.56 bits per heavy atom. The summed E-state index contributed by atoms with van der Waals surface area (Å²) in [4.78, 5) is 6.89. The molecule has 16 heavy (non-hydrogen) atoms. The third kappa shape index (κ3) is 1.36. The van der Waals surface area contributed by atoms with Crippen molar-refractivity contribution in [1.29, 1.82) is 0 Å². The number of rotatable bonds is 1. The van der Waals surface area contributed by atoms with Crippen LogP contribution < -0.4 is 0 Å². The molecule has 0 N–H and O–H groups in total. The van der Waals surface area contributed by atoms with Gasteiger partial charge in [-0.15, -0.1) is 0 Å².